The van der Waals surface area contributed by atoms with Gasteiger partial charge in [0, 0.05) is 26.8 Å². The maximum Gasteiger partial charge on any atom is 0.0420 e. The van der Waals surface area contributed by atoms with E-state index in [1.807, 2.05) is 20.8 Å². The zero-order valence-electron chi connectivity index (χ0n) is 7.52. The molecule has 1 aliphatic heterocycles. The molecule has 0 aromatic carbocycles. The Labute approximate surface area is 71.0 Å². The van der Waals surface area contributed by atoms with E-state index < -0.39 is 10.8 Å². The van der Waals surface area contributed by atoms with Crippen LogP contribution in [0.4, 0.5) is 0 Å². The SMILES string of the molecule is CC1(N)CCS(=O)C(C)(C)C1. The number of rotatable bonds is 0. The average molecular weight is 175 g/mol. The van der Waals surface area contributed by atoms with Gasteiger partial charge in [-0.05, 0) is 33.6 Å². The maximum atomic E-state index is 11.5. The molecule has 11 heavy (non-hydrogen) atoms. The quantitative estimate of drug-likeness (QED) is 0.597. The molecule has 0 bridgehead atoms. The molecule has 1 saturated heterocycles. The third kappa shape index (κ3) is 2.03. The lowest BCUT2D eigenvalue weighted by Crippen LogP contribution is -2.50. The summed E-state index contributed by atoms with van der Waals surface area (Å²) in [6.07, 6.45) is 1.76. The van der Waals surface area contributed by atoms with Crippen molar-refractivity contribution in [2.24, 2.45) is 5.73 Å². The molecular formula is C8H17NOS. The van der Waals surface area contributed by atoms with E-state index in [4.69, 9.17) is 5.73 Å². The molecule has 1 heterocycles. The van der Waals surface area contributed by atoms with Gasteiger partial charge in [0.15, 0.2) is 0 Å². The molecule has 0 aliphatic carbocycles. The van der Waals surface area contributed by atoms with Gasteiger partial charge in [0.2, 0.25) is 0 Å². The molecule has 0 spiro atoms. The highest BCUT2D eigenvalue weighted by Crippen LogP contribution is 2.32. The summed E-state index contributed by atoms with van der Waals surface area (Å²) in [5.41, 5.74) is 5.88. The largest absolute Gasteiger partial charge is 0.325 e. The Bertz CT molecular complexity index is 187. The summed E-state index contributed by atoms with van der Waals surface area (Å²) >= 11 is 0. The average Bonchev–Trinajstić information content (AvgIpc) is 1.77. The smallest absolute Gasteiger partial charge is 0.0420 e. The van der Waals surface area contributed by atoms with Crippen LogP contribution in [0.3, 0.4) is 0 Å². The van der Waals surface area contributed by atoms with Crippen molar-refractivity contribution in [2.75, 3.05) is 5.75 Å². The van der Waals surface area contributed by atoms with Crippen LogP contribution < -0.4 is 5.73 Å². The predicted octanol–water partition coefficient (Wildman–Crippen LogP) is 1.02. The highest BCUT2D eigenvalue weighted by Gasteiger charge is 2.38. The Morgan fingerprint density at radius 2 is 1.91 bits per heavy atom. The molecule has 0 radical (unpaired) electrons. The van der Waals surface area contributed by atoms with E-state index in [0.29, 0.717) is 0 Å². The second kappa shape index (κ2) is 2.56. The Hall–Kier alpha value is 0.110. The lowest BCUT2D eigenvalue weighted by Gasteiger charge is -2.39. The second-order valence-corrected chi connectivity index (χ2v) is 6.59. The van der Waals surface area contributed by atoms with Crippen LogP contribution in [0.15, 0.2) is 0 Å². The van der Waals surface area contributed by atoms with E-state index in [0.717, 1.165) is 18.6 Å². The molecular weight excluding hydrogens is 158 g/mol. The first-order valence-corrected chi connectivity index (χ1v) is 5.33. The van der Waals surface area contributed by atoms with Gasteiger partial charge in [0.05, 0.1) is 0 Å². The van der Waals surface area contributed by atoms with Crippen molar-refractivity contribution in [3.63, 3.8) is 0 Å². The molecule has 1 fully saturated rings. The van der Waals surface area contributed by atoms with Crippen molar-refractivity contribution in [3.05, 3.63) is 0 Å². The third-order valence-electron chi connectivity index (χ3n) is 2.30. The van der Waals surface area contributed by atoms with Crippen LogP contribution in [0.5, 0.6) is 0 Å². The first-order chi connectivity index (χ1) is 4.83. The van der Waals surface area contributed by atoms with Crippen LogP contribution in [0.25, 0.3) is 0 Å². The monoisotopic (exact) mass is 175 g/mol. The first kappa shape index (κ1) is 9.20. The van der Waals surface area contributed by atoms with Gasteiger partial charge in [0.1, 0.15) is 0 Å². The summed E-state index contributed by atoms with van der Waals surface area (Å²) in [6, 6.07) is 0. The molecule has 1 aliphatic rings. The van der Waals surface area contributed by atoms with E-state index in [2.05, 4.69) is 0 Å². The van der Waals surface area contributed by atoms with E-state index >= 15 is 0 Å². The fourth-order valence-electron chi connectivity index (χ4n) is 1.74. The van der Waals surface area contributed by atoms with Crippen molar-refractivity contribution in [3.8, 4) is 0 Å². The molecule has 2 atom stereocenters. The van der Waals surface area contributed by atoms with Gasteiger partial charge >= 0.3 is 0 Å². The van der Waals surface area contributed by atoms with Gasteiger partial charge in [-0.3, -0.25) is 4.21 Å². The number of hydrogen-bond donors (Lipinski definition) is 1. The molecule has 3 heteroatoms. The second-order valence-electron chi connectivity index (χ2n) is 4.39. The van der Waals surface area contributed by atoms with Crippen molar-refractivity contribution < 1.29 is 4.21 Å². The van der Waals surface area contributed by atoms with Crippen molar-refractivity contribution in [1.29, 1.82) is 0 Å². The van der Waals surface area contributed by atoms with Crippen molar-refractivity contribution in [2.45, 2.75) is 43.9 Å². The van der Waals surface area contributed by atoms with Gasteiger partial charge in [0.25, 0.3) is 0 Å². The van der Waals surface area contributed by atoms with Gasteiger partial charge in [-0.25, -0.2) is 0 Å². The molecule has 0 saturated carbocycles. The van der Waals surface area contributed by atoms with Crippen molar-refractivity contribution >= 4 is 10.8 Å². The number of nitrogens with two attached hydrogens (primary N) is 1. The Balaban J connectivity index is 2.75. The minimum Gasteiger partial charge on any atom is -0.325 e. The highest BCUT2D eigenvalue weighted by molar-refractivity contribution is 7.86. The van der Waals surface area contributed by atoms with Crippen LogP contribution in [0.2, 0.25) is 0 Å². The van der Waals surface area contributed by atoms with Crippen LogP contribution in [0.1, 0.15) is 33.6 Å². The van der Waals surface area contributed by atoms with Crippen LogP contribution >= 0.6 is 0 Å². The zero-order chi connectivity index (χ0) is 8.70. The topological polar surface area (TPSA) is 43.1 Å². The summed E-state index contributed by atoms with van der Waals surface area (Å²) in [5, 5.41) is 0. The van der Waals surface area contributed by atoms with Gasteiger partial charge < -0.3 is 5.73 Å². The summed E-state index contributed by atoms with van der Waals surface area (Å²) in [5.74, 6) is 0.764. The Morgan fingerprint density at radius 1 is 1.36 bits per heavy atom. The summed E-state index contributed by atoms with van der Waals surface area (Å²) in [4.78, 5) is 0. The minimum absolute atomic E-state index is 0.0816. The maximum absolute atomic E-state index is 11.5. The predicted molar refractivity (Wildman–Crippen MR) is 48.9 cm³/mol. The minimum atomic E-state index is -0.677. The van der Waals surface area contributed by atoms with Crippen LogP contribution in [0, 0.1) is 0 Å². The van der Waals surface area contributed by atoms with Crippen LogP contribution in [-0.4, -0.2) is 20.2 Å². The van der Waals surface area contributed by atoms with Crippen LogP contribution in [-0.2, 0) is 10.8 Å². The number of hydrogen-bond acceptors (Lipinski definition) is 2. The van der Waals surface area contributed by atoms with E-state index in [1.165, 1.54) is 0 Å². The van der Waals surface area contributed by atoms with Gasteiger partial charge in [-0.15, -0.1) is 0 Å². The fourth-order valence-corrected chi connectivity index (χ4v) is 3.44. The zero-order valence-corrected chi connectivity index (χ0v) is 8.33. The molecule has 1 rings (SSSR count). The highest BCUT2D eigenvalue weighted by atomic mass is 32.2. The lowest BCUT2D eigenvalue weighted by atomic mass is 9.88. The molecule has 2 unspecified atom stereocenters. The summed E-state index contributed by atoms with van der Waals surface area (Å²) < 4.78 is 11.4. The molecule has 2 N–H and O–H groups in total. The Kier molecular flexibility index (Phi) is 2.14. The standard InChI is InChI=1S/C8H17NOS/c1-7(2)6-8(3,9)4-5-11(7)10/h4-6,9H2,1-3H3. The molecule has 2 nitrogen and oxygen atoms in total. The molecule has 66 valence electrons. The normalized spacial score (nSPS) is 43.8. The van der Waals surface area contributed by atoms with Gasteiger partial charge in [-0.2, -0.15) is 0 Å². The third-order valence-corrected chi connectivity index (χ3v) is 4.26. The lowest BCUT2D eigenvalue weighted by molar-refractivity contribution is 0.357. The van der Waals surface area contributed by atoms with E-state index in [9.17, 15) is 4.21 Å². The first-order valence-electron chi connectivity index (χ1n) is 4.01. The fraction of sp³-hybridized carbons (Fsp3) is 1.00. The molecule has 0 aromatic heterocycles. The summed E-state index contributed by atoms with van der Waals surface area (Å²) in [6.45, 7) is 6.12. The molecule has 0 aromatic rings. The summed E-state index contributed by atoms with van der Waals surface area (Å²) in [7, 11) is -0.677. The van der Waals surface area contributed by atoms with Crippen molar-refractivity contribution in [1.82, 2.24) is 0 Å². The Morgan fingerprint density at radius 3 is 2.27 bits per heavy atom. The van der Waals surface area contributed by atoms with Gasteiger partial charge in [-0.1, -0.05) is 0 Å². The van der Waals surface area contributed by atoms with E-state index in [1.54, 1.807) is 0 Å². The van der Waals surface area contributed by atoms with E-state index in [-0.39, 0.29) is 10.3 Å². The molecule has 0 amide bonds.